The Labute approximate surface area is 84.5 Å². The molecule has 1 aromatic carbocycles. The highest BCUT2D eigenvalue weighted by Gasteiger charge is 2.03. The van der Waals surface area contributed by atoms with Gasteiger partial charge in [-0.3, -0.25) is 4.68 Å². The smallest absolute Gasteiger partial charge is 0.0938 e. The summed E-state index contributed by atoms with van der Waals surface area (Å²) >= 11 is 5.88. The molecule has 0 unspecified atom stereocenters. The first-order valence-electron chi connectivity index (χ1n) is 3.88. The van der Waals surface area contributed by atoms with E-state index in [1.807, 2.05) is 13.2 Å². The summed E-state index contributed by atoms with van der Waals surface area (Å²) in [5.41, 5.74) is 9.51. The van der Waals surface area contributed by atoms with Crippen molar-refractivity contribution in [2.45, 2.75) is 0 Å². The van der Waals surface area contributed by atoms with Crippen molar-refractivity contribution in [2.24, 2.45) is 12.2 Å². The fourth-order valence-corrected chi connectivity index (χ4v) is 1.48. The highest BCUT2D eigenvalue weighted by molar-refractivity contribution is 6.33. The van der Waals surface area contributed by atoms with Gasteiger partial charge in [-0.1, -0.05) is 16.7 Å². The highest BCUT2D eigenvalue weighted by Crippen LogP contribution is 2.29. The van der Waals surface area contributed by atoms with Crippen LogP contribution >= 0.6 is 11.6 Å². The molecular weight excluding hydrogens is 202 g/mol. The molecule has 1 aromatic heterocycles. The third kappa shape index (κ3) is 1.39. The summed E-state index contributed by atoms with van der Waals surface area (Å²) in [5, 5.41) is 8.96. The van der Waals surface area contributed by atoms with Crippen molar-refractivity contribution in [3.05, 3.63) is 33.8 Å². The number of aromatic nitrogens is 2. The van der Waals surface area contributed by atoms with E-state index in [0.29, 0.717) is 10.7 Å². The molecule has 0 saturated carbocycles. The summed E-state index contributed by atoms with van der Waals surface area (Å²) in [6, 6.07) is 3.39. The first kappa shape index (κ1) is 8.87. The topological polar surface area (TPSA) is 66.6 Å². The predicted octanol–water partition coefficient (Wildman–Crippen LogP) is 3.17. The van der Waals surface area contributed by atoms with Crippen LogP contribution in [0, 0.1) is 0 Å². The average Bonchev–Trinajstić information content (AvgIpc) is 2.45. The van der Waals surface area contributed by atoms with Crippen LogP contribution in [0.4, 0.5) is 5.69 Å². The molecule has 6 heteroatoms. The molecular formula is C8H6ClN5. The Morgan fingerprint density at radius 2 is 2.36 bits per heavy atom. The van der Waals surface area contributed by atoms with Gasteiger partial charge in [0.15, 0.2) is 0 Å². The third-order valence-electron chi connectivity index (χ3n) is 1.84. The Bertz CT molecular complexity index is 538. The van der Waals surface area contributed by atoms with Crippen LogP contribution in [0.2, 0.25) is 5.02 Å². The molecule has 0 bridgehead atoms. The van der Waals surface area contributed by atoms with Gasteiger partial charge in [0.1, 0.15) is 0 Å². The van der Waals surface area contributed by atoms with Crippen LogP contribution in [-0.2, 0) is 7.05 Å². The maximum atomic E-state index is 8.30. The molecule has 0 fully saturated rings. The summed E-state index contributed by atoms with van der Waals surface area (Å²) in [7, 11) is 1.82. The molecule has 0 atom stereocenters. The highest BCUT2D eigenvalue weighted by atomic mass is 35.5. The molecule has 2 aromatic rings. The van der Waals surface area contributed by atoms with Gasteiger partial charge in [-0.25, -0.2) is 0 Å². The zero-order valence-corrected chi connectivity index (χ0v) is 8.10. The number of benzene rings is 1. The van der Waals surface area contributed by atoms with E-state index in [0.717, 1.165) is 10.9 Å². The van der Waals surface area contributed by atoms with Crippen LogP contribution in [0.1, 0.15) is 0 Å². The van der Waals surface area contributed by atoms with Gasteiger partial charge in [-0.15, -0.1) is 0 Å². The van der Waals surface area contributed by atoms with Gasteiger partial charge in [0.25, 0.3) is 0 Å². The van der Waals surface area contributed by atoms with Gasteiger partial charge in [0.05, 0.1) is 16.2 Å². The van der Waals surface area contributed by atoms with Gasteiger partial charge < -0.3 is 0 Å². The first-order valence-corrected chi connectivity index (χ1v) is 4.26. The number of hydrogen-bond acceptors (Lipinski definition) is 2. The second-order valence-electron chi connectivity index (χ2n) is 2.85. The Morgan fingerprint density at radius 3 is 3.07 bits per heavy atom. The van der Waals surface area contributed by atoms with Crippen molar-refractivity contribution >= 4 is 28.2 Å². The van der Waals surface area contributed by atoms with E-state index in [2.05, 4.69) is 15.1 Å². The lowest BCUT2D eigenvalue weighted by Crippen LogP contribution is -1.84. The molecule has 0 aliphatic heterocycles. The standard InChI is InChI=1S/C8H6ClN5/c1-14-4-5-2-8(11-13-10)6(9)3-7(5)12-14/h2-4H,1H3. The lowest BCUT2D eigenvalue weighted by molar-refractivity contribution is 0.780. The number of nitrogens with zero attached hydrogens (tertiary/aromatic N) is 5. The van der Waals surface area contributed by atoms with Crippen LogP contribution in [0.5, 0.6) is 0 Å². The van der Waals surface area contributed by atoms with Crippen molar-refractivity contribution in [1.82, 2.24) is 9.78 Å². The Balaban J connectivity index is 2.75. The van der Waals surface area contributed by atoms with Crippen LogP contribution in [0.3, 0.4) is 0 Å². The maximum Gasteiger partial charge on any atom is 0.0938 e. The number of aryl methyl sites for hydroxylation is 1. The summed E-state index contributed by atoms with van der Waals surface area (Å²) in [5.74, 6) is 0. The molecule has 1 heterocycles. The molecule has 0 radical (unpaired) electrons. The molecule has 70 valence electrons. The van der Waals surface area contributed by atoms with Crippen LogP contribution in [0.15, 0.2) is 23.4 Å². The fraction of sp³-hybridized carbons (Fsp3) is 0.125. The monoisotopic (exact) mass is 207 g/mol. The zero-order valence-electron chi connectivity index (χ0n) is 7.35. The van der Waals surface area contributed by atoms with Gasteiger partial charge in [0.2, 0.25) is 0 Å². The Morgan fingerprint density at radius 1 is 1.57 bits per heavy atom. The van der Waals surface area contributed by atoms with Crippen molar-refractivity contribution in [1.29, 1.82) is 0 Å². The van der Waals surface area contributed by atoms with E-state index < -0.39 is 0 Å². The van der Waals surface area contributed by atoms with E-state index >= 15 is 0 Å². The van der Waals surface area contributed by atoms with E-state index in [1.165, 1.54) is 0 Å². The number of halogens is 1. The van der Waals surface area contributed by atoms with Crippen molar-refractivity contribution in [3.63, 3.8) is 0 Å². The van der Waals surface area contributed by atoms with E-state index in [1.54, 1.807) is 16.8 Å². The minimum atomic E-state index is 0.411. The van der Waals surface area contributed by atoms with Gasteiger partial charge in [-0.05, 0) is 17.7 Å². The van der Waals surface area contributed by atoms with Gasteiger partial charge in [0, 0.05) is 23.5 Å². The number of fused-ring (bicyclic) bond motifs is 1. The SMILES string of the molecule is Cn1cc2cc(N=[N+]=[N-])c(Cl)cc2n1. The molecule has 0 saturated heterocycles. The second-order valence-corrected chi connectivity index (χ2v) is 3.26. The summed E-state index contributed by atoms with van der Waals surface area (Å²) in [6.07, 6.45) is 1.84. The normalized spacial score (nSPS) is 10.1. The minimum Gasteiger partial charge on any atom is -0.275 e. The van der Waals surface area contributed by atoms with Gasteiger partial charge in [-0.2, -0.15) is 5.10 Å². The van der Waals surface area contributed by atoms with Crippen LogP contribution in [-0.4, -0.2) is 9.78 Å². The number of hydrogen-bond donors (Lipinski definition) is 0. The molecule has 2 rings (SSSR count). The average molecular weight is 208 g/mol. The lowest BCUT2D eigenvalue weighted by atomic mass is 10.2. The van der Waals surface area contributed by atoms with E-state index in [-0.39, 0.29) is 0 Å². The van der Waals surface area contributed by atoms with Gasteiger partial charge >= 0.3 is 0 Å². The first-order chi connectivity index (χ1) is 6.70. The van der Waals surface area contributed by atoms with Crippen molar-refractivity contribution in [3.8, 4) is 0 Å². The molecule has 0 aliphatic rings. The molecule has 0 N–H and O–H groups in total. The van der Waals surface area contributed by atoms with Crippen LogP contribution < -0.4 is 0 Å². The molecule has 0 aliphatic carbocycles. The Kier molecular flexibility index (Phi) is 2.04. The van der Waals surface area contributed by atoms with Crippen molar-refractivity contribution < 1.29 is 0 Å². The largest absolute Gasteiger partial charge is 0.275 e. The van der Waals surface area contributed by atoms with E-state index in [4.69, 9.17) is 17.1 Å². The minimum absolute atomic E-state index is 0.411. The summed E-state index contributed by atoms with van der Waals surface area (Å²) in [4.78, 5) is 2.69. The second kappa shape index (κ2) is 3.21. The molecule has 0 amide bonds. The quantitative estimate of drug-likeness (QED) is 0.402. The Hall–Kier alpha value is -1.71. The zero-order chi connectivity index (χ0) is 10.1. The molecule has 0 spiro atoms. The lowest BCUT2D eigenvalue weighted by Gasteiger charge is -1.94. The van der Waals surface area contributed by atoms with E-state index in [9.17, 15) is 0 Å². The van der Waals surface area contributed by atoms with Crippen molar-refractivity contribution in [2.75, 3.05) is 0 Å². The number of rotatable bonds is 1. The van der Waals surface area contributed by atoms with Crippen LogP contribution in [0.25, 0.3) is 21.3 Å². The molecule has 5 nitrogen and oxygen atoms in total. The third-order valence-corrected chi connectivity index (χ3v) is 2.14. The fourth-order valence-electron chi connectivity index (χ4n) is 1.28. The predicted molar refractivity (Wildman–Crippen MR) is 54.5 cm³/mol. The number of azide groups is 1. The summed E-state index contributed by atoms with van der Waals surface area (Å²) < 4.78 is 1.68. The summed E-state index contributed by atoms with van der Waals surface area (Å²) in [6.45, 7) is 0. The maximum absolute atomic E-state index is 8.30. The molecule has 14 heavy (non-hydrogen) atoms.